The van der Waals surface area contributed by atoms with E-state index in [-0.39, 0.29) is 35.9 Å². The number of aromatic amines is 1. The van der Waals surface area contributed by atoms with Gasteiger partial charge in [-0.05, 0) is 60.5 Å². The number of nitrogens with one attached hydrogen (secondary N) is 1. The van der Waals surface area contributed by atoms with Gasteiger partial charge in [-0.1, -0.05) is 85.8 Å². The summed E-state index contributed by atoms with van der Waals surface area (Å²) in [4.78, 5) is 62.3. The summed E-state index contributed by atoms with van der Waals surface area (Å²) in [7, 11) is 0. The minimum Gasteiger partial charge on any atom is -0.457 e. The van der Waals surface area contributed by atoms with E-state index in [1.165, 1.54) is 14.0 Å². The van der Waals surface area contributed by atoms with Crippen LogP contribution in [0.3, 0.4) is 0 Å². The number of ether oxygens (including phenoxy) is 1. The quantitative estimate of drug-likeness (QED) is 0.126. The van der Waals surface area contributed by atoms with Crippen LogP contribution in [0, 0.1) is 0 Å². The van der Waals surface area contributed by atoms with Gasteiger partial charge in [0.25, 0.3) is 11.1 Å². The number of thioether (sulfide) groups is 1. The lowest BCUT2D eigenvalue weighted by molar-refractivity contribution is -0.116. The second-order valence-electron chi connectivity index (χ2n) is 11.2. The molecule has 6 aromatic rings. The van der Waals surface area contributed by atoms with Gasteiger partial charge in [0.2, 0.25) is 5.91 Å². The number of amides is 1. The molecule has 6 rings (SSSR count). The van der Waals surface area contributed by atoms with E-state index < -0.39 is 17.2 Å². The molecule has 0 radical (unpaired) electrons. The van der Waals surface area contributed by atoms with Crippen molar-refractivity contribution in [2.75, 3.05) is 22.9 Å². The molecule has 0 unspecified atom stereocenters. The first-order valence-electron chi connectivity index (χ1n) is 15.8. The third kappa shape index (κ3) is 7.34. The van der Waals surface area contributed by atoms with E-state index in [0.29, 0.717) is 39.7 Å². The standard InChI is InChI=1S/C37H34N6O5S/c1-2-3-22-41(32-33(38)42(36(47)40-34(32)45)23-25-12-6-4-7-13-25)31(44)24-49-37-39-30-17-11-10-16-29(30)35(46)43(37)26-18-20-28(21-19-26)48-27-14-8-5-9-15-27/h4-21H,2-3,22-24,38H2,1H3,(H,40,45,47). The molecule has 0 saturated heterocycles. The van der Waals surface area contributed by atoms with Crippen molar-refractivity contribution in [1.82, 2.24) is 19.1 Å². The van der Waals surface area contributed by atoms with Crippen molar-refractivity contribution in [3.63, 3.8) is 0 Å². The van der Waals surface area contributed by atoms with Crippen LogP contribution in [0.2, 0.25) is 0 Å². The van der Waals surface area contributed by atoms with Crippen molar-refractivity contribution in [3.05, 3.63) is 146 Å². The number of H-pyrrole nitrogens is 1. The number of aromatic nitrogens is 4. The first kappa shape index (κ1) is 33.0. The SMILES string of the molecule is CCCCN(C(=O)CSc1nc2ccccc2c(=O)n1-c1ccc(Oc2ccccc2)cc1)c1c(N)n(Cc2ccccc2)c(=O)[nH]c1=O. The maximum Gasteiger partial charge on any atom is 0.330 e. The first-order valence-corrected chi connectivity index (χ1v) is 16.8. The third-order valence-corrected chi connectivity index (χ3v) is 8.77. The fourth-order valence-corrected chi connectivity index (χ4v) is 6.26. The molecule has 0 saturated carbocycles. The number of anilines is 2. The zero-order chi connectivity index (χ0) is 34.3. The molecule has 0 aliphatic heterocycles. The number of hydrogen-bond donors (Lipinski definition) is 2. The largest absolute Gasteiger partial charge is 0.457 e. The molecule has 2 aromatic heterocycles. The molecule has 0 fully saturated rings. The molecule has 2 heterocycles. The highest BCUT2D eigenvalue weighted by atomic mass is 32.2. The number of carbonyl (C=O) groups is 1. The number of unbranched alkanes of at least 4 members (excludes halogenated alkanes) is 1. The second-order valence-corrected chi connectivity index (χ2v) is 12.2. The molecule has 11 nitrogen and oxygen atoms in total. The summed E-state index contributed by atoms with van der Waals surface area (Å²) in [5, 5.41) is 0.715. The summed E-state index contributed by atoms with van der Waals surface area (Å²) >= 11 is 1.07. The van der Waals surface area contributed by atoms with Crippen LogP contribution < -0.4 is 32.2 Å². The lowest BCUT2D eigenvalue weighted by Gasteiger charge is -2.24. The van der Waals surface area contributed by atoms with Gasteiger partial charge in [0.15, 0.2) is 10.8 Å². The Bertz CT molecular complexity index is 2270. The third-order valence-electron chi connectivity index (χ3n) is 7.85. The Kier molecular flexibility index (Phi) is 10.1. The number of rotatable bonds is 12. The lowest BCUT2D eigenvalue weighted by atomic mass is 10.2. The summed E-state index contributed by atoms with van der Waals surface area (Å²) in [6.45, 7) is 2.28. The molecular formula is C37H34N6O5S. The number of benzene rings is 4. The molecule has 0 spiro atoms. The number of nitrogens with zero attached hydrogens (tertiary/aromatic N) is 4. The summed E-state index contributed by atoms with van der Waals surface area (Å²) < 4.78 is 8.64. The van der Waals surface area contributed by atoms with Gasteiger partial charge in [-0.25, -0.2) is 9.78 Å². The number of fused-ring (bicyclic) bond motifs is 1. The predicted molar refractivity (Wildman–Crippen MR) is 193 cm³/mol. The highest BCUT2D eigenvalue weighted by Gasteiger charge is 2.25. The van der Waals surface area contributed by atoms with Crippen LogP contribution in [0.25, 0.3) is 16.6 Å². The molecule has 248 valence electrons. The van der Waals surface area contributed by atoms with E-state index in [2.05, 4.69) is 4.98 Å². The average molecular weight is 675 g/mol. The van der Waals surface area contributed by atoms with Crippen LogP contribution >= 0.6 is 11.8 Å². The topological polar surface area (TPSA) is 145 Å². The van der Waals surface area contributed by atoms with E-state index in [1.807, 2.05) is 67.6 Å². The van der Waals surface area contributed by atoms with Crippen molar-refractivity contribution in [2.45, 2.75) is 31.5 Å². The number of nitrogen functional groups attached to an aromatic ring is 1. The Morgan fingerprint density at radius 3 is 2.24 bits per heavy atom. The van der Waals surface area contributed by atoms with E-state index in [4.69, 9.17) is 15.5 Å². The van der Waals surface area contributed by atoms with E-state index >= 15 is 0 Å². The fourth-order valence-electron chi connectivity index (χ4n) is 5.37. The van der Waals surface area contributed by atoms with E-state index in [1.54, 1.807) is 48.5 Å². The molecule has 12 heteroatoms. The molecule has 0 aliphatic carbocycles. The van der Waals surface area contributed by atoms with Gasteiger partial charge in [0.1, 0.15) is 17.3 Å². The highest BCUT2D eigenvalue weighted by molar-refractivity contribution is 7.99. The van der Waals surface area contributed by atoms with Crippen molar-refractivity contribution in [2.24, 2.45) is 0 Å². The predicted octanol–water partition coefficient (Wildman–Crippen LogP) is 5.58. The normalized spacial score (nSPS) is 11.0. The van der Waals surface area contributed by atoms with E-state index in [9.17, 15) is 19.2 Å². The summed E-state index contributed by atoms with van der Waals surface area (Å²) in [5.41, 5.74) is 6.49. The van der Waals surface area contributed by atoms with Crippen LogP contribution in [-0.4, -0.2) is 37.3 Å². The van der Waals surface area contributed by atoms with Gasteiger partial charge in [0, 0.05) is 6.54 Å². The number of hydrogen-bond acceptors (Lipinski definition) is 8. The zero-order valence-electron chi connectivity index (χ0n) is 26.7. The highest BCUT2D eigenvalue weighted by Crippen LogP contribution is 2.27. The van der Waals surface area contributed by atoms with Gasteiger partial charge in [-0.2, -0.15) is 0 Å². The Balaban J connectivity index is 1.33. The van der Waals surface area contributed by atoms with Crippen molar-refractivity contribution in [3.8, 4) is 17.2 Å². The Morgan fingerprint density at radius 2 is 1.53 bits per heavy atom. The smallest absolute Gasteiger partial charge is 0.330 e. The summed E-state index contributed by atoms with van der Waals surface area (Å²) in [6.07, 6.45) is 1.33. The Morgan fingerprint density at radius 1 is 0.878 bits per heavy atom. The summed E-state index contributed by atoms with van der Waals surface area (Å²) in [5.74, 6) is 0.563. The van der Waals surface area contributed by atoms with Crippen LogP contribution in [0.5, 0.6) is 11.5 Å². The molecule has 0 atom stereocenters. The molecule has 3 N–H and O–H groups in total. The lowest BCUT2D eigenvalue weighted by Crippen LogP contribution is -2.42. The zero-order valence-corrected chi connectivity index (χ0v) is 27.6. The molecule has 0 bridgehead atoms. The van der Waals surface area contributed by atoms with Gasteiger partial charge in [-0.15, -0.1) is 0 Å². The van der Waals surface area contributed by atoms with Gasteiger partial charge < -0.3 is 15.4 Å². The molecule has 4 aromatic carbocycles. The van der Waals surface area contributed by atoms with Crippen LogP contribution in [0.1, 0.15) is 25.3 Å². The van der Waals surface area contributed by atoms with E-state index in [0.717, 1.165) is 23.7 Å². The molecule has 49 heavy (non-hydrogen) atoms. The van der Waals surface area contributed by atoms with Crippen molar-refractivity contribution in [1.29, 1.82) is 0 Å². The summed E-state index contributed by atoms with van der Waals surface area (Å²) in [6, 6.07) is 32.6. The van der Waals surface area contributed by atoms with Crippen LogP contribution in [-0.2, 0) is 11.3 Å². The maximum atomic E-state index is 14.0. The van der Waals surface area contributed by atoms with Gasteiger partial charge in [0.05, 0.1) is 28.9 Å². The molecular weight excluding hydrogens is 641 g/mol. The number of carbonyl (C=O) groups excluding carboxylic acids is 1. The number of nitrogens with two attached hydrogens (primary N) is 1. The first-order chi connectivity index (χ1) is 23.8. The monoisotopic (exact) mass is 674 g/mol. The molecule has 0 aliphatic rings. The van der Waals surface area contributed by atoms with Crippen LogP contribution in [0.15, 0.2) is 129 Å². The maximum absolute atomic E-state index is 14.0. The van der Waals surface area contributed by atoms with Gasteiger partial charge in [-0.3, -0.25) is 28.5 Å². The Hall–Kier alpha value is -5.88. The second kappa shape index (κ2) is 14.9. The fraction of sp³-hybridized carbons (Fsp3) is 0.162. The average Bonchev–Trinajstić information content (AvgIpc) is 3.12. The van der Waals surface area contributed by atoms with Crippen LogP contribution in [0.4, 0.5) is 11.5 Å². The van der Waals surface area contributed by atoms with Crippen molar-refractivity contribution < 1.29 is 9.53 Å². The van der Waals surface area contributed by atoms with Gasteiger partial charge >= 0.3 is 5.69 Å². The minimum atomic E-state index is -0.750. The Labute approximate surface area is 285 Å². The molecule has 1 amide bonds. The number of para-hydroxylation sites is 2. The minimum absolute atomic E-state index is 0.0903. The van der Waals surface area contributed by atoms with Crippen molar-refractivity contribution >= 4 is 40.1 Å².